The fourth-order valence-corrected chi connectivity index (χ4v) is 0.869. The van der Waals surface area contributed by atoms with Crippen molar-refractivity contribution in [1.29, 1.82) is 5.26 Å². The van der Waals surface area contributed by atoms with Crippen LogP contribution in [-0.4, -0.2) is 6.54 Å². The summed E-state index contributed by atoms with van der Waals surface area (Å²) in [6.07, 6.45) is 5.01. The Morgan fingerprint density at radius 2 is 2.31 bits per heavy atom. The second-order valence-electron chi connectivity index (χ2n) is 2.36. The number of benzene rings is 1. The van der Waals surface area contributed by atoms with Gasteiger partial charge >= 0.3 is 0 Å². The summed E-state index contributed by atoms with van der Waals surface area (Å²) in [6, 6.07) is 6.00. The Kier molecular flexibility index (Phi) is 2.89. The number of halogens is 1. The van der Waals surface area contributed by atoms with Crippen LogP contribution in [0, 0.1) is 29.5 Å². The Bertz CT molecular complexity index is 385. The first-order valence-electron chi connectivity index (χ1n) is 3.65. The molecule has 2 nitrogen and oxygen atoms in total. The maximum Gasteiger partial charge on any atom is 0.143 e. The summed E-state index contributed by atoms with van der Waals surface area (Å²) in [7, 11) is 0. The zero-order valence-electron chi connectivity index (χ0n) is 6.84. The second kappa shape index (κ2) is 4.13. The summed E-state index contributed by atoms with van der Waals surface area (Å²) in [5, 5.41) is 11.2. The molecule has 0 aliphatic carbocycles. The van der Waals surface area contributed by atoms with Crippen molar-refractivity contribution in [2.45, 2.75) is 0 Å². The number of hydrogen-bond acceptors (Lipinski definition) is 2. The molecular weight excluding hydrogens is 167 g/mol. The SMILES string of the molecule is C#CCNc1ccc(C#N)c(F)c1. The second-order valence-corrected chi connectivity index (χ2v) is 2.36. The Morgan fingerprint density at radius 1 is 1.54 bits per heavy atom. The van der Waals surface area contributed by atoms with Crippen LogP contribution in [0.4, 0.5) is 10.1 Å². The van der Waals surface area contributed by atoms with Crippen molar-refractivity contribution in [3.8, 4) is 18.4 Å². The summed E-state index contributed by atoms with van der Waals surface area (Å²) in [5.74, 6) is 1.83. The summed E-state index contributed by atoms with van der Waals surface area (Å²) in [5.41, 5.74) is 0.612. The Hall–Kier alpha value is -2.00. The first-order chi connectivity index (χ1) is 6.27. The molecule has 0 fully saturated rings. The highest BCUT2D eigenvalue weighted by atomic mass is 19.1. The number of nitriles is 1. The molecule has 0 atom stereocenters. The van der Waals surface area contributed by atoms with E-state index in [2.05, 4.69) is 11.2 Å². The summed E-state index contributed by atoms with van der Waals surface area (Å²) in [4.78, 5) is 0. The quantitative estimate of drug-likeness (QED) is 0.693. The molecule has 1 N–H and O–H groups in total. The van der Waals surface area contributed by atoms with Crippen LogP contribution in [0.25, 0.3) is 0 Å². The van der Waals surface area contributed by atoms with E-state index in [1.807, 2.05) is 0 Å². The highest BCUT2D eigenvalue weighted by Crippen LogP contribution is 2.12. The zero-order valence-corrected chi connectivity index (χ0v) is 6.84. The molecule has 1 aromatic rings. The molecule has 1 aromatic carbocycles. The number of terminal acetylenes is 1. The smallest absolute Gasteiger partial charge is 0.143 e. The van der Waals surface area contributed by atoms with Crippen molar-refractivity contribution < 1.29 is 4.39 Å². The lowest BCUT2D eigenvalue weighted by atomic mass is 10.2. The average Bonchev–Trinajstić information content (AvgIpc) is 2.15. The number of hydrogen-bond donors (Lipinski definition) is 1. The molecule has 1 rings (SSSR count). The third-order valence-corrected chi connectivity index (χ3v) is 1.48. The van der Waals surface area contributed by atoms with Crippen LogP contribution in [0.2, 0.25) is 0 Å². The van der Waals surface area contributed by atoms with Gasteiger partial charge in [-0.1, -0.05) is 5.92 Å². The van der Waals surface area contributed by atoms with Crippen LogP contribution in [0.3, 0.4) is 0 Å². The van der Waals surface area contributed by atoms with Gasteiger partial charge in [0.15, 0.2) is 0 Å². The molecule has 0 aliphatic rings. The van der Waals surface area contributed by atoms with E-state index in [9.17, 15) is 4.39 Å². The Balaban J connectivity index is 2.86. The van der Waals surface area contributed by atoms with E-state index in [4.69, 9.17) is 11.7 Å². The molecule has 3 heteroatoms. The molecule has 0 saturated carbocycles. The monoisotopic (exact) mass is 174 g/mol. The first-order valence-corrected chi connectivity index (χ1v) is 3.65. The molecule has 13 heavy (non-hydrogen) atoms. The molecule has 0 aromatic heterocycles. The lowest BCUT2D eigenvalue weighted by Gasteiger charge is -2.02. The topological polar surface area (TPSA) is 35.8 Å². The van der Waals surface area contributed by atoms with Crippen LogP contribution in [0.15, 0.2) is 18.2 Å². The van der Waals surface area contributed by atoms with Gasteiger partial charge in [0.1, 0.15) is 11.9 Å². The summed E-state index contributed by atoms with van der Waals surface area (Å²) >= 11 is 0. The molecule has 0 aliphatic heterocycles. The number of rotatable bonds is 2. The van der Waals surface area contributed by atoms with Crippen molar-refractivity contribution in [3.63, 3.8) is 0 Å². The molecule has 0 saturated heterocycles. The predicted molar refractivity (Wildman–Crippen MR) is 48.4 cm³/mol. The fourth-order valence-electron chi connectivity index (χ4n) is 0.869. The maximum atomic E-state index is 13.0. The zero-order chi connectivity index (χ0) is 9.68. The van der Waals surface area contributed by atoms with Crippen LogP contribution < -0.4 is 5.32 Å². The molecular formula is C10H7FN2. The van der Waals surface area contributed by atoms with Gasteiger partial charge in [-0.15, -0.1) is 6.42 Å². The van der Waals surface area contributed by atoms with Crippen LogP contribution in [-0.2, 0) is 0 Å². The highest BCUT2D eigenvalue weighted by molar-refractivity contribution is 5.48. The normalized spacial score (nSPS) is 8.54. The van der Waals surface area contributed by atoms with E-state index in [0.717, 1.165) is 0 Å². The van der Waals surface area contributed by atoms with E-state index < -0.39 is 5.82 Å². The van der Waals surface area contributed by atoms with Crippen LogP contribution >= 0.6 is 0 Å². The van der Waals surface area contributed by atoms with Crippen molar-refractivity contribution in [1.82, 2.24) is 0 Å². The largest absolute Gasteiger partial charge is 0.374 e. The van der Waals surface area contributed by atoms with Gasteiger partial charge in [0.25, 0.3) is 0 Å². The van der Waals surface area contributed by atoms with Gasteiger partial charge < -0.3 is 5.32 Å². The third-order valence-electron chi connectivity index (χ3n) is 1.48. The molecule has 0 unspecified atom stereocenters. The molecule has 64 valence electrons. The van der Waals surface area contributed by atoms with Gasteiger partial charge in [-0.05, 0) is 18.2 Å². The minimum atomic E-state index is -0.537. The molecule has 0 radical (unpaired) electrons. The van der Waals surface area contributed by atoms with E-state index in [-0.39, 0.29) is 5.56 Å². The summed E-state index contributed by atoms with van der Waals surface area (Å²) in [6.45, 7) is 0.339. The fraction of sp³-hybridized carbons (Fsp3) is 0.100. The number of anilines is 1. The maximum absolute atomic E-state index is 13.0. The van der Waals surface area contributed by atoms with Crippen molar-refractivity contribution in [2.75, 3.05) is 11.9 Å². The van der Waals surface area contributed by atoms with Gasteiger partial charge in [0.2, 0.25) is 0 Å². The van der Waals surface area contributed by atoms with Crippen molar-refractivity contribution >= 4 is 5.69 Å². The number of nitrogens with one attached hydrogen (secondary N) is 1. The molecule has 0 bridgehead atoms. The third kappa shape index (κ3) is 2.21. The standard InChI is InChI=1S/C10H7FN2/c1-2-5-13-9-4-3-8(7-12)10(11)6-9/h1,3-4,6,13H,5H2. The van der Waals surface area contributed by atoms with E-state index in [1.54, 1.807) is 12.1 Å². The van der Waals surface area contributed by atoms with E-state index >= 15 is 0 Å². The van der Waals surface area contributed by atoms with E-state index in [0.29, 0.717) is 12.2 Å². The van der Waals surface area contributed by atoms with Crippen molar-refractivity contribution in [3.05, 3.63) is 29.6 Å². The Morgan fingerprint density at radius 3 is 2.85 bits per heavy atom. The van der Waals surface area contributed by atoms with Gasteiger partial charge in [-0.3, -0.25) is 0 Å². The average molecular weight is 174 g/mol. The van der Waals surface area contributed by atoms with Gasteiger partial charge in [0, 0.05) is 5.69 Å². The minimum Gasteiger partial charge on any atom is -0.374 e. The molecule has 0 heterocycles. The van der Waals surface area contributed by atoms with Gasteiger partial charge in [-0.25, -0.2) is 4.39 Å². The minimum absolute atomic E-state index is 0.0336. The first kappa shape index (κ1) is 9.09. The van der Waals surface area contributed by atoms with Gasteiger partial charge in [0.05, 0.1) is 12.1 Å². The van der Waals surface area contributed by atoms with Gasteiger partial charge in [-0.2, -0.15) is 5.26 Å². The molecule has 0 amide bonds. The lowest BCUT2D eigenvalue weighted by molar-refractivity contribution is 0.624. The number of nitrogens with zero attached hydrogens (tertiary/aromatic N) is 1. The molecule has 0 spiro atoms. The lowest BCUT2D eigenvalue weighted by Crippen LogP contribution is -1.98. The summed E-state index contributed by atoms with van der Waals surface area (Å²) < 4.78 is 13.0. The van der Waals surface area contributed by atoms with Crippen LogP contribution in [0.1, 0.15) is 5.56 Å². The Labute approximate surface area is 76.0 Å². The van der Waals surface area contributed by atoms with Crippen LogP contribution in [0.5, 0.6) is 0 Å². The van der Waals surface area contributed by atoms with E-state index in [1.165, 1.54) is 12.1 Å². The predicted octanol–water partition coefficient (Wildman–Crippen LogP) is 1.74. The van der Waals surface area contributed by atoms with Crippen molar-refractivity contribution in [2.24, 2.45) is 0 Å². The highest BCUT2D eigenvalue weighted by Gasteiger charge is 2.00.